The highest BCUT2D eigenvalue weighted by molar-refractivity contribution is 6.02. The number of carbonyl (C=O) groups is 3. The molecular formula is C29H38N8O3. The van der Waals surface area contributed by atoms with Crippen molar-refractivity contribution in [3.8, 4) is 0 Å². The summed E-state index contributed by atoms with van der Waals surface area (Å²) in [5, 5.41) is 6.05. The summed E-state index contributed by atoms with van der Waals surface area (Å²) in [7, 11) is 3.53. The van der Waals surface area contributed by atoms with Crippen molar-refractivity contribution in [2.24, 2.45) is 23.5 Å². The number of carbonyl (C=O) groups excluding carboxylic acids is 3. The molecule has 0 unspecified atom stereocenters. The molecule has 1 aliphatic heterocycles. The number of nitrogens with one attached hydrogen (secondary N) is 2. The number of imidazole rings is 1. The van der Waals surface area contributed by atoms with Crippen molar-refractivity contribution in [2.45, 2.75) is 50.2 Å². The van der Waals surface area contributed by atoms with Gasteiger partial charge in [-0.2, -0.15) is 0 Å². The molecule has 0 aliphatic carbocycles. The zero-order chi connectivity index (χ0) is 28.6. The van der Waals surface area contributed by atoms with Crippen LogP contribution in [0.4, 0.5) is 0 Å². The van der Waals surface area contributed by atoms with Crippen LogP contribution in [0, 0.1) is 0 Å². The highest BCUT2D eigenvalue weighted by Gasteiger charge is 2.38. The Kier molecular flexibility index (Phi) is 9.49. The molecule has 11 nitrogen and oxygen atoms in total. The molecule has 2 heterocycles. The second kappa shape index (κ2) is 13.2. The summed E-state index contributed by atoms with van der Waals surface area (Å²) in [6, 6.07) is 15.3. The van der Waals surface area contributed by atoms with Crippen LogP contribution in [0.15, 0.2) is 59.6 Å². The second-order valence-corrected chi connectivity index (χ2v) is 10.1. The van der Waals surface area contributed by atoms with E-state index in [1.54, 1.807) is 23.6 Å². The van der Waals surface area contributed by atoms with Crippen LogP contribution in [0.25, 0.3) is 11.0 Å². The SMILES string of the molecule is CN[C@H](Cc1ccccc1)C(=O)N1CCC[C@H]1C(=O)N[C@@H](CCCN=C(N)N)C(=O)c1nc2ccccc2n1C. The average molecular weight is 547 g/mol. The monoisotopic (exact) mass is 546 g/mol. The average Bonchev–Trinajstić information content (AvgIpc) is 3.58. The topological polar surface area (TPSA) is 161 Å². The van der Waals surface area contributed by atoms with Gasteiger partial charge in [0.2, 0.25) is 17.6 Å². The van der Waals surface area contributed by atoms with Crippen LogP contribution in [0.3, 0.4) is 0 Å². The number of benzene rings is 2. The van der Waals surface area contributed by atoms with Crippen molar-refractivity contribution >= 4 is 34.6 Å². The largest absolute Gasteiger partial charge is 0.370 e. The van der Waals surface area contributed by atoms with Crippen molar-refractivity contribution in [2.75, 3.05) is 20.1 Å². The molecule has 11 heteroatoms. The Labute approximate surface area is 234 Å². The molecule has 1 fully saturated rings. The molecule has 1 saturated heterocycles. The lowest BCUT2D eigenvalue weighted by molar-refractivity contribution is -0.140. The van der Waals surface area contributed by atoms with Gasteiger partial charge in [0, 0.05) is 20.1 Å². The lowest BCUT2D eigenvalue weighted by atomic mass is 10.0. The molecule has 40 heavy (non-hydrogen) atoms. The van der Waals surface area contributed by atoms with E-state index in [1.165, 1.54) is 0 Å². The number of rotatable bonds is 12. The lowest BCUT2D eigenvalue weighted by Gasteiger charge is -2.29. The number of nitrogens with zero attached hydrogens (tertiary/aromatic N) is 4. The minimum absolute atomic E-state index is 0.0306. The van der Waals surface area contributed by atoms with E-state index in [1.807, 2.05) is 54.6 Å². The number of nitrogens with two attached hydrogens (primary N) is 2. The number of Topliss-reactive ketones (excluding diaryl/α,β-unsaturated/α-hetero) is 1. The summed E-state index contributed by atoms with van der Waals surface area (Å²) in [6.07, 6.45) is 2.54. The predicted molar refractivity (Wildman–Crippen MR) is 155 cm³/mol. The number of fused-ring (bicyclic) bond motifs is 1. The number of guanidine groups is 1. The molecule has 0 spiro atoms. The third kappa shape index (κ3) is 6.66. The maximum Gasteiger partial charge on any atom is 0.243 e. The molecule has 1 aliphatic rings. The summed E-state index contributed by atoms with van der Waals surface area (Å²) in [6.45, 7) is 0.805. The first-order chi connectivity index (χ1) is 19.3. The summed E-state index contributed by atoms with van der Waals surface area (Å²) in [4.78, 5) is 51.0. The second-order valence-electron chi connectivity index (χ2n) is 10.1. The van der Waals surface area contributed by atoms with Crippen LogP contribution in [0.5, 0.6) is 0 Å². The number of hydrogen-bond acceptors (Lipinski definition) is 6. The van der Waals surface area contributed by atoms with Gasteiger partial charge in [0.25, 0.3) is 0 Å². The van der Waals surface area contributed by atoms with E-state index in [0.717, 1.165) is 11.1 Å². The van der Waals surface area contributed by atoms with E-state index in [2.05, 4.69) is 20.6 Å². The van der Waals surface area contributed by atoms with E-state index in [4.69, 9.17) is 11.5 Å². The number of hydrogen-bond donors (Lipinski definition) is 4. The summed E-state index contributed by atoms with van der Waals surface area (Å²) >= 11 is 0. The fourth-order valence-electron chi connectivity index (χ4n) is 5.23. The van der Waals surface area contributed by atoms with Crippen LogP contribution in [0.2, 0.25) is 0 Å². The Morgan fingerprint density at radius 2 is 1.80 bits per heavy atom. The summed E-state index contributed by atoms with van der Waals surface area (Å²) < 4.78 is 1.74. The third-order valence-corrected chi connectivity index (χ3v) is 7.35. The van der Waals surface area contributed by atoms with Gasteiger partial charge in [0.05, 0.1) is 23.1 Å². The Bertz CT molecular complexity index is 1370. The molecule has 0 radical (unpaired) electrons. The van der Waals surface area contributed by atoms with Gasteiger partial charge in [-0.05, 0) is 56.8 Å². The minimum Gasteiger partial charge on any atom is -0.370 e. The molecule has 4 rings (SSSR count). The van der Waals surface area contributed by atoms with Crippen LogP contribution in [-0.4, -0.2) is 76.3 Å². The Morgan fingerprint density at radius 1 is 1.07 bits per heavy atom. The minimum atomic E-state index is -0.848. The maximum atomic E-state index is 13.7. The van der Waals surface area contributed by atoms with Gasteiger partial charge < -0.3 is 31.6 Å². The van der Waals surface area contributed by atoms with Crippen molar-refractivity contribution in [3.63, 3.8) is 0 Å². The number of likely N-dealkylation sites (tertiary alicyclic amines) is 1. The highest BCUT2D eigenvalue weighted by atomic mass is 16.2. The maximum absolute atomic E-state index is 13.7. The van der Waals surface area contributed by atoms with Gasteiger partial charge >= 0.3 is 0 Å². The highest BCUT2D eigenvalue weighted by Crippen LogP contribution is 2.21. The smallest absolute Gasteiger partial charge is 0.243 e. The van der Waals surface area contributed by atoms with E-state index in [0.29, 0.717) is 50.7 Å². The molecule has 212 valence electrons. The molecule has 2 amide bonds. The van der Waals surface area contributed by atoms with E-state index < -0.39 is 18.1 Å². The molecule has 0 bridgehead atoms. The first kappa shape index (κ1) is 28.8. The number of aryl methyl sites for hydroxylation is 1. The van der Waals surface area contributed by atoms with Gasteiger partial charge in [-0.25, -0.2) is 4.98 Å². The number of ketones is 1. The van der Waals surface area contributed by atoms with Crippen LogP contribution >= 0.6 is 0 Å². The number of likely N-dealkylation sites (N-methyl/N-ethyl adjacent to an activating group) is 1. The Hall–Kier alpha value is -4.25. The molecule has 6 N–H and O–H groups in total. The first-order valence-corrected chi connectivity index (χ1v) is 13.6. The van der Waals surface area contributed by atoms with Gasteiger partial charge in [-0.3, -0.25) is 19.4 Å². The summed E-state index contributed by atoms with van der Waals surface area (Å²) in [5.41, 5.74) is 13.4. The van der Waals surface area contributed by atoms with E-state index in [-0.39, 0.29) is 29.4 Å². The quantitative estimate of drug-likeness (QED) is 0.115. The van der Waals surface area contributed by atoms with Crippen molar-refractivity contribution in [1.82, 2.24) is 25.1 Å². The Balaban J connectivity index is 1.51. The van der Waals surface area contributed by atoms with Gasteiger partial charge in [0.15, 0.2) is 11.8 Å². The first-order valence-electron chi connectivity index (χ1n) is 13.6. The lowest BCUT2D eigenvalue weighted by Crippen LogP contribution is -2.54. The van der Waals surface area contributed by atoms with Gasteiger partial charge in [-0.1, -0.05) is 42.5 Å². The molecule has 1 aromatic heterocycles. The Morgan fingerprint density at radius 3 is 2.50 bits per heavy atom. The predicted octanol–water partition coefficient (Wildman–Crippen LogP) is 1.12. The molecule has 2 aromatic carbocycles. The van der Waals surface area contributed by atoms with Crippen molar-refractivity contribution in [3.05, 3.63) is 66.0 Å². The van der Waals surface area contributed by atoms with Gasteiger partial charge in [0.1, 0.15) is 6.04 Å². The van der Waals surface area contributed by atoms with E-state index in [9.17, 15) is 14.4 Å². The standard InChI is InChI=1S/C29H38N8O3/c1-32-22(18-19-10-4-3-5-11-19)28(40)37-17-9-15-24(37)27(39)35-21(13-8-16-33-29(30)31)25(38)26-34-20-12-6-7-14-23(20)36(26)2/h3-7,10-12,14,21-22,24,32H,8-9,13,15-18H2,1-2H3,(H,35,39)(H4,30,31,33)/t21-,22+,24-/m0/s1. The van der Waals surface area contributed by atoms with Crippen molar-refractivity contribution in [1.29, 1.82) is 0 Å². The molecule has 3 aromatic rings. The number of aliphatic imine (C=N–C) groups is 1. The summed E-state index contributed by atoms with van der Waals surface area (Å²) in [5.74, 6) is -0.554. The van der Waals surface area contributed by atoms with Gasteiger partial charge in [-0.15, -0.1) is 0 Å². The van der Waals surface area contributed by atoms with E-state index >= 15 is 0 Å². The van der Waals surface area contributed by atoms with Crippen LogP contribution in [-0.2, 0) is 23.1 Å². The van der Waals surface area contributed by atoms with Crippen molar-refractivity contribution < 1.29 is 14.4 Å². The van der Waals surface area contributed by atoms with Crippen LogP contribution < -0.4 is 22.1 Å². The normalized spacial score (nSPS) is 16.4. The molecule has 3 atom stereocenters. The number of para-hydroxylation sites is 2. The fourth-order valence-corrected chi connectivity index (χ4v) is 5.23. The third-order valence-electron chi connectivity index (χ3n) is 7.35. The molecule has 0 saturated carbocycles. The van der Waals surface area contributed by atoms with Crippen LogP contribution in [0.1, 0.15) is 41.9 Å². The number of amides is 2. The fraction of sp³-hybridized carbons (Fsp3) is 0.414. The molecular weight excluding hydrogens is 508 g/mol. The number of aromatic nitrogens is 2. The zero-order valence-corrected chi connectivity index (χ0v) is 23.0. The zero-order valence-electron chi connectivity index (χ0n) is 23.0.